The van der Waals surface area contributed by atoms with Crippen LogP contribution >= 0.6 is 0 Å². The van der Waals surface area contributed by atoms with Gasteiger partial charge in [-0.1, -0.05) is 30.3 Å². The van der Waals surface area contributed by atoms with Crippen molar-refractivity contribution in [1.29, 1.82) is 0 Å². The summed E-state index contributed by atoms with van der Waals surface area (Å²) in [5, 5.41) is 5.38. The second-order valence-corrected chi connectivity index (χ2v) is 6.35. The smallest absolute Gasteiger partial charge is 0.241 e. The predicted molar refractivity (Wildman–Crippen MR) is 108 cm³/mol. The Kier molecular flexibility index (Phi) is 5.81. The van der Waals surface area contributed by atoms with Gasteiger partial charge in [0.25, 0.3) is 0 Å². The van der Waals surface area contributed by atoms with Crippen LogP contribution in [0, 0.1) is 0 Å². The van der Waals surface area contributed by atoms with Crippen LogP contribution in [0.5, 0.6) is 11.5 Å². The Morgan fingerprint density at radius 3 is 2.48 bits per heavy atom. The number of anilines is 1. The number of carbonyl (C=O) groups excluding carboxylic acids is 1. The van der Waals surface area contributed by atoms with Crippen LogP contribution in [-0.4, -0.2) is 38.6 Å². The van der Waals surface area contributed by atoms with Gasteiger partial charge in [-0.2, -0.15) is 0 Å². The van der Waals surface area contributed by atoms with Crippen molar-refractivity contribution >= 4 is 22.4 Å². The summed E-state index contributed by atoms with van der Waals surface area (Å²) >= 11 is 0. The van der Waals surface area contributed by atoms with E-state index >= 15 is 0 Å². The van der Waals surface area contributed by atoms with E-state index in [0.29, 0.717) is 6.54 Å². The number of para-hydroxylation sites is 2. The number of nitrogens with zero attached hydrogens (tertiary/aromatic N) is 1. The largest absolute Gasteiger partial charge is 0.497 e. The number of likely N-dealkylation sites (N-methyl/N-ethyl adjacent to an activating group) is 1. The van der Waals surface area contributed by atoms with Crippen LogP contribution in [0.3, 0.4) is 0 Å². The van der Waals surface area contributed by atoms with Gasteiger partial charge in [-0.3, -0.25) is 4.79 Å². The highest BCUT2D eigenvalue weighted by Crippen LogP contribution is 2.23. The van der Waals surface area contributed by atoms with Crippen molar-refractivity contribution in [2.45, 2.75) is 6.54 Å². The SMILES string of the molecule is COc1ccc2cc(CN(C)C(=O)CNc3ccccc3OC)ccc2c1. The highest BCUT2D eigenvalue weighted by Gasteiger charge is 2.11. The number of benzene rings is 3. The summed E-state index contributed by atoms with van der Waals surface area (Å²) < 4.78 is 10.6. The molecule has 0 bridgehead atoms. The molecule has 0 unspecified atom stereocenters. The minimum absolute atomic E-state index is 0.00994. The molecule has 5 heteroatoms. The van der Waals surface area contributed by atoms with Crippen molar-refractivity contribution in [2.24, 2.45) is 0 Å². The molecule has 3 aromatic carbocycles. The van der Waals surface area contributed by atoms with Crippen molar-refractivity contribution in [3.8, 4) is 11.5 Å². The van der Waals surface area contributed by atoms with Crippen molar-refractivity contribution in [3.05, 3.63) is 66.2 Å². The molecule has 5 nitrogen and oxygen atoms in total. The number of fused-ring (bicyclic) bond motifs is 1. The van der Waals surface area contributed by atoms with E-state index in [0.717, 1.165) is 33.5 Å². The van der Waals surface area contributed by atoms with Gasteiger partial charge in [-0.15, -0.1) is 0 Å². The maximum Gasteiger partial charge on any atom is 0.241 e. The van der Waals surface area contributed by atoms with Gasteiger partial charge >= 0.3 is 0 Å². The van der Waals surface area contributed by atoms with E-state index in [-0.39, 0.29) is 12.5 Å². The van der Waals surface area contributed by atoms with Gasteiger partial charge in [0.1, 0.15) is 11.5 Å². The Hall–Kier alpha value is -3.21. The van der Waals surface area contributed by atoms with Crippen molar-refractivity contribution < 1.29 is 14.3 Å². The molecule has 0 aliphatic carbocycles. The topological polar surface area (TPSA) is 50.8 Å². The van der Waals surface area contributed by atoms with Crippen LogP contribution in [0.1, 0.15) is 5.56 Å². The Bertz CT molecular complexity index is 940. The van der Waals surface area contributed by atoms with Gasteiger partial charge in [0, 0.05) is 13.6 Å². The lowest BCUT2D eigenvalue weighted by atomic mass is 10.1. The molecule has 0 aromatic heterocycles. The zero-order valence-electron chi connectivity index (χ0n) is 15.9. The molecule has 1 amide bonds. The number of nitrogens with one attached hydrogen (secondary N) is 1. The molecule has 27 heavy (non-hydrogen) atoms. The molecule has 0 radical (unpaired) electrons. The molecule has 140 valence electrons. The Morgan fingerprint density at radius 2 is 1.70 bits per heavy atom. The van der Waals surface area contributed by atoms with Gasteiger partial charge in [-0.05, 0) is 46.7 Å². The molecule has 0 atom stereocenters. The van der Waals surface area contributed by atoms with Crippen LogP contribution < -0.4 is 14.8 Å². The summed E-state index contributed by atoms with van der Waals surface area (Å²) in [6.45, 7) is 0.760. The number of ether oxygens (including phenoxy) is 2. The fourth-order valence-electron chi connectivity index (χ4n) is 2.96. The third-order valence-corrected chi connectivity index (χ3v) is 4.49. The molecule has 0 aliphatic heterocycles. The first-order valence-corrected chi connectivity index (χ1v) is 8.78. The number of carbonyl (C=O) groups is 1. The van der Waals surface area contributed by atoms with E-state index in [1.807, 2.05) is 55.6 Å². The lowest BCUT2D eigenvalue weighted by Crippen LogP contribution is -2.31. The summed E-state index contributed by atoms with van der Waals surface area (Å²) in [6, 6.07) is 19.7. The van der Waals surface area contributed by atoms with Gasteiger partial charge in [0.2, 0.25) is 5.91 Å². The molecule has 1 N–H and O–H groups in total. The van der Waals surface area contributed by atoms with Gasteiger partial charge < -0.3 is 19.7 Å². The molecular weight excluding hydrogens is 340 g/mol. The van der Waals surface area contributed by atoms with Gasteiger partial charge in [0.15, 0.2) is 0 Å². The van der Waals surface area contributed by atoms with Crippen molar-refractivity contribution in [2.75, 3.05) is 33.1 Å². The average Bonchev–Trinajstić information content (AvgIpc) is 2.71. The summed E-state index contributed by atoms with van der Waals surface area (Å²) in [5.41, 5.74) is 1.89. The second kappa shape index (κ2) is 8.45. The summed E-state index contributed by atoms with van der Waals surface area (Å²) in [5.74, 6) is 1.57. The quantitative estimate of drug-likeness (QED) is 0.690. The minimum atomic E-state index is 0.00994. The highest BCUT2D eigenvalue weighted by atomic mass is 16.5. The molecular formula is C22H24N2O3. The summed E-state index contributed by atoms with van der Waals surface area (Å²) in [7, 11) is 5.09. The van der Waals surface area contributed by atoms with Crippen molar-refractivity contribution in [1.82, 2.24) is 4.90 Å². The van der Waals surface area contributed by atoms with Crippen LogP contribution in [-0.2, 0) is 11.3 Å². The number of hydrogen-bond donors (Lipinski definition) is 1. The van der Waals surface area contributed by atoms with Crippen molar-refractivity contribution in [3.63, 3.8) is 0 Å². The molecule has 0 heterocycles. The van der Waals surface area contributed by atoms with Crippen LogP contribution in [0.2, 0.25) is 0 Å². The third kappa shape index (κ3) is 4.50. The lowest BCUT2D eigenvalue weighted by molar-refractivity contribution is -0.128. The van der Waals surface area contributed by atoms with E-state index < -0.39 is 0 Å². The van der Waals surface area contributed by atoms with E-state index in [4.69, 9.17) is 9.47 Å². The summed E-state index contributed by atoms with van der Waals surface area (Å²) in [4.78, 5) is 14.2. The third-order valence-electron chi connectivity index (χ3n) is 4.49. The summed E-state index contributed by atoms with van der Waals surface area (Å²) in [6.07, 6.45) is 0. The zero-order valence-corrected chi connectivity index (χ0v) is 15.9. The van der Waals surface area contributed by atoms with Crippen LogP contribution in [0.25, 0.3) is 10.8 Å². The molecule has 3 aromatic rings. The minimum Gasteiger partial charge on any atom is -0.497 e. The molecule has 0 spiro atoms. The Morgan fingerprint density at radius 1 is 0.963 bits per heavy atom. The number of rotatable bonds is 7. The number of methoxy groups -OCH3 is 2. The lowest BCUT2D eigenvalue weighted by Gasteiger charge is -2.19. The second-order valence-electron chi connectivity index (χ2n) is 6.35. The van der Waals surface area contributed by atoms with Gasteiger partial charge in [-0.25, -0.2) is 0 Å². The normalized spacial score (nSPS) is 10.5. The van der Waals surface area contributed by atoms with E-state index in [1.165, 1.54) is 0 Å². The molecule has 0 saturated carbocycles. The first-order valence-electron chi connectivity index (χ1n) is 8.78. The standard InChI is InChI=1S/C22H24N2O3/c1-24(22(25)14-23-20-6-4-5-7-21(20)27-3)15-16-8-9-18-13-19(26-2)11-10-17(18)12-16/h4-13,23H,14-15H2,1-3H3. The maximum absolute atomic E-state index is 12.5. The van der Waals surface area contributed by atoms with Crippen LogP contribution in [0.15, 0.2) is 60.7 Å². The van der Waals surface area contributed by atoms with E-state index in [9.17, 15) is 4.79 Å². The fourth-order valence-corrected chi connectivity index (χ4v) is 2.96. The Balaban J connectivity index is 1.63. The maximum atomic E-state index is 12.5. The average molecular weight is 364 g/mol. The highest BCUT2D eigenvalue weighted by molar-refractivity contribution is 5.85. The van der Waals surface area contributed by atoms with Gasteiger partial charge in [0.05, 0.1) is 26.5 Å². The van der Waals surface area contributed by atoms with E-state index in [2.05, 4.69) is 17.4 Å². The molecule has 0 saturated heterocycles. The predicted octanol–water partition coefficient (Wildman–Crippen LogP) is 3.93. The van der Waals surface area contributed by atoms with Crippen LogP contribution in [0.4, 0.5) is 5.69 Å². The fraction of sp³-hybridized carbons (Fsp3) is 0.227. The molecule has 0 fully saturated rings. The monoisotopic (exact) mass is 364 g/mol. The number of hydrogen-bond acceptors (Lipinski definition) is 4. The first-order chi connectivity index (χ1) is 13.1. The molecule has 3 rings (SSSR count). The Labute approximate surface area is 159 Å². The zero-order chi connectivity index (χ0) is 19.2. The first kappa shape index (κ1) is 18.6. The molecule has 0 aliphatic rings. The number of amides is 1. The van der Waals surface area contributed by atoms with E-state index in [1.54, 1.807) is 19.1 Å².